The minimum atomic E-state index is -4.05. The van der Waals surface area contributed by atoms with Crippen LogP contribution in [0.25, 0.3) is 0 Å². The molecule has 210 valence electrons. The molecule has 0 spiro atoms. The molecule has 2 bridgehead atoms. The third-order valence-corrected chi connectivity index (χ3v) is 9.77. The number of amides is 1. The SMILES string of the molecule is O=C(NC1CCCCC1)c1ccc(N2CC3CC(C2)c2cccc(=O)n2C3)c(NS(=O)(=O)c2ccc(F)cc2)c1. The van der Waals surface area contributed by atoms with Gasteiger partial charge in [0.05, 0.1) is 16.3 Å². The van der Waals surface area contributed by atoms with Crippen molar-refractivity contribution in [1.29, 1.82) is 0 Å². The van der Waals surface area contributed by atoms with Crippen molar-refractivity contribution >= 4 is 27.3 Å². The molecule has 2 atom stereocenters. The van der Waals surface area contributed by atoms with Crippen molar-refractivity contribution in [3.63, 3.8) is 0 Å². The number of hydrogen-bond donors (Lipinski definition) is 2. The van der Waals surface area contributed by atoms with Gasteiger partial charge in [-0.2, -0.15) is 0 Å². The van der Waals surface area contributed by atoms with Gasteiger partial charge in [0.1, 0.15) is 5.82 Å². The number of fused-ring (bicyclic) bond motifs is 4. The minimum Gasteiger partial charge on any atom is -0.369 e. The fourth-order valence-electron chi connectivity index (χ4n) is 6.46. The molecule has 1 saturated heterocycles. The lowest BCUT2D eigenvalue weighted by atomic mass is 9.83. The first-order valence-electron chi connectivity index (χ1n) is 13.9. The lowest BCUT2D eigenvalue weighted by molar-refractivity contribution is 0.0927. The van der Waals surface area contributed by atoms with Gasteiger partial charge >= 0.3 is 0 Å². The number of sulfonamides is 1. The van der Waals surface area contributed by atoms with Crippen molar-refractivity contribution in [2.24, 2.45) is 5.92 Å². The molecular weight excluding hydrogens is 531 g/mol. The van der Waals surface area contributed by atoms with E-state index in [4.69, 9.17) is 0 Å². The predicted octanol–water partition coefficient (Wildman–Crippen LogP) is 4.47. The number of halogens is 1. The van der Waals surface area contributed by atoms with Crippen LogP contribution in [0.3, 0.4) is 0 Å². The summed E-state index contributed by atoms with van der Waals surface area (Å²) >= 11 is 0. The van der Waals surface area contributed by atoms with E-state index in [9.17, 15) is 22.4 Å². The summed E-state index contributed by atoms with van der Waals surface area (Å²) in [5.41, 5.74) is 2.33. The quantitative estimate of drug-likeness (QED) is 0.460. The largest absolute Gasteiger partial charge is 0.369 e. The topological polar surface area (TPSA) is 101 Å². The minimum absolute atomic E-state index is 0.00160. The third kappa shape index (κ3) is 5.37. The molecule has 8 nitrogen and oxygen atoms in total. The maximum atomic E-state index is 13.5. The van der Waals surface area contributed by atoms with Crippen molar-refractivity contribution in [3.8, 4) is 0 Å². The molecule has 40 heavy (non-hydrogen) atoms. The lowest BCUT2D eigenvalue weighted by Crippen LogP contribution is -2.47. The number of aromatic nitrogens is 1. The average Bonchev–Trinajstić information content (AvgIpc) is 2.94. The molecule has 3 aliphatic rings. The molecule has 3 aromatic rings. The van der Waals surface area contributed by atoms with Gasteiger partial charge in [0.2, 0.25) is 0 Å². The molecule has 1 aliphatic carbocycles. The van der Waals surface area contributed by atoms with Crippen LogP contribution in [0, 0.1) is 11.7 Å². The summed E-state index contributed by atoms with van der Waals surface area (Å²) in [7, 11) is -4.05. The normalized spacial score (nSPS) is 21.0. The Balaban J connectivity index is 1.33. The van der Waals surface area contributed by atoms with Gasteiger partial charge in [-0.3, -0.25) is 14.3 Å². The molecule has 0 radical (unpaired) electrons. The van der Waals surface area contributed by atoms with Gasteiger partial charge in [-0.05, 0) is 73.7 Å². The Labute approximate surface area is 233 Å². The fraction of sp³-hybridized carbons (Fsp3) is 0.400. The summed E-state index contributed by atoms with van der Waals surface area (Å²) in [5, 5.41) is 3.11. The molecule has 2 aromatic carbocycles. The molecule has 1 aromatic heterocycles. The van der Waals surface area contributed by atoms with E-state index >= 15 is 0 Å². The standard InChI is InChI=1S/C30H33FN4O4S/c31-23-10-12-25(13-11-23)40(38,39)33-26-16-21(30(37)32-24-5-2-1-3-6-24)9-14-28(26)34-17-20-15-22(19-34)27-7-4-8-29(36)35(27)18-20/h4,7-14,16,20,22,24,33H,1-3,5-6,15,17-19H2,(H,32,37). The van der Waals surface area contributed by atoms with Gasteiger partial charge in [0.15, 0.2) is 0 Å². The zero-order valence-corrected chi connectivity index (χ0v) is 23.0. The Morgan fingerprint density at radius 2 is 1.70 bits per heavy atom. The first-order chi connectivity index (χ1) is 19.3. The molecular formula is C30H33FN4O4S. The van der Waals surface area contributed by atoms with E-state index in [0.29, 0.717) is 36.6 Å². The summed E-state index contributed by atoms with van der Waals surface area (Å²) < 4.78 is 44.7. The predicted molar refractivity (Wildman–Crippen MR) is 152 cm³/mol. The summed E-state index contributed by atoms with van der Waals surface area (Å²) in [6.07, 6.45) is 6.17. The molecule has 10 heteroatoms. The molecule has 6 rings (SSSR count). The second kappa shape index (κ2) is 10.7. The van der Waals surface area contributed by atoms with Crippen LogP contribution in [-0.2, 0) is 16.6 Å². The van der Waals surface area contributed by atoms with Crippen LogP contribution in [0.1, 0.15) is 60.5 Å². The molecule has 2 unspecified atom stereocenters. The number of hydrogen-bond acceptors (Lipinski definition) is 5. The Kier molecular flexibility index (Phi) is 7.12. The zero-order valence-electron chi connectivity index (χ0n) is 22.2. The Hall–Kier alpha value is -3.66. The van der Waals surface area contributed by atoms with Crippen molar-refractivity contribution in [2.75, 3.05) is 22.7 Å². The average molecular weight is 565 g/mol. The van der Waals surface area contributed by atoms with Crippen LogP contribution < -0.4 is 20.5 Å². The number of nitrogens with one attached hydrogen (secondary N) is 2. The van der Waals surface area contributed by atoms with Crippen LogP contribution in [0.4, 0.5) is 15.8 Å². The van der Waals surface area contributed by atoms with Crippen LogP contribution in [0.5, 0.6) is 0 Å². The summed E-state index contributed by atoms with van der Waals surface area (Å²) in [6.45, 7) is 1.87. The Morgan fingerprint density at radius 3 is 2.48 bits per heavy atom. The van der Waals surface area contributed by atoms with E-state index in [0.717, 1.165) is 49.9 Å². The first kappa shape index (κ1) is 26.6. The maximum absolute atomic E-state index is 13.5. The maximum Gasteiger partial charge on any atom is 0.261 e. The van der Waals surface area contributed by atoms with Gasteiger partial charge in [-0.15, -0.1) is 0 Å². The van der Waals surface area contributed by atoms with Crippen LogP contribution in [0.2, 0.25) is 0 Å². The van der Waals surface area contributed by atoms with Gasteiger partial charge in [0, 0.05) is 48.9 Å². The number of pyridine rings is 1. The van der Waals surface area contributed by atoms with Gasteiger partial charge in [-0.25, -0.2) is 12.8 Å². The van der Waals surface area contributed by atoms with E-state index in [1.807, 2.05) is 10.6 Å². The smallest absolute Gasteiger partial charge is 0.261 e. The van der Waals surface area contributed by atoms with Crippen molar-refractivity contribution < 1.29 is 17.6 Å². The Bertz CT molecular complexity index is 1580. The molecule has 2 fully saturated rings. The van der Waals surface area contributed by atoms with Crippen LogP contribution in [-0.4, -0.2) is 38.0 Å². The number of rotatable bonds is 6. The highest BCUT2D eigenvalue weighted by Crippen LogP contribution is 2.40. The molecule has 1 amide bonds. The molecule has 1 saturated carbocycles. The van der Waals surface area contributed by atoms with E-state index in [1.165, 1.54) is 18.6 Å². The van der Waals surface area contributed by atoms with Gasteiger partial charge < -0.3 is 14.8 Å². The highest BCUT2D eigenvalue weighted by atomic mass is 32.2. The van der Waals surface area contributed by atoms with E-state index in [1.54, 1.807) is 30.3 Å². The number of piperidine rings is 1. The highest BCUT2D eigenvalue weighted by molar-refractivity contribution is 7.92. The van der Waals surface area contributed by atoms with Crippen LogP contribution in [0.15, 0.2) is 70.4 Å². The number of carbonyl (C=O) groups excluding carboxylic acids is 1. The second-order valence-corrected chi connectivity index (χ2v) is 12.9. The molecule has 3 heterocycles. The van der Waals surface area contributed by atoms with E-state index in [2.05, 4.69) is 14.9 Å². The van der Waals surface area contributed by atoms with Gasteiger partial charge in [0.25, 0.3) is 21.5 Å². The summed E-state index contributed by atoms with van der Waals surface area (Å²) in [4.78, 5) is 27.7. The number of benzene rings is 2. The van der Waals surface area contributed by atoms with Crippen molar-refractivity contribution in [3.05, 3.63) is 88.1 Å². The third-order valence-electron chi connectivity index (χ3n) is 8.39. The molecule has 2 N–H and O–H groups in total. The second-order valence-electron chi connectivity index (χ2n) is 11.2. The summed E-state index contributed by atoms with van der Waals surface area (Å²) in [6, 6.07) is 15.3. The van der Waals surface area contributed by atoms with Crippen LogP contribution >= 0.6 is 0 Å². The Morgan fingerprint density at radius 1 is 0.925 bits per heavy atom. The van der Waals surface area contributed by atoms with Crippen molar-refractivity contribution in [2.45, 2.75) is 61.9 Å². The molecule has 2 aliphatic heterocycles. The zero-order chi connectivity index (χ0) is 27.9. The van der Waals surface area contributed by atoms with Gasteiger partial charge in [-0.1, -0.05) is 25.3 Å². The number of anilines is 2. The monoisotopic (exact) mass is 564 g/mol. The first-order valence-corrected chi connectivity index (χ1v) is 15.4. The van der Waals surface area contributed by atoms with E-state index in [-0.39, 0.29) is 34.2 Å². The number of carbonyl (C=O) groups is 1. The highest BCUT2D eigenvalue weighted by Gasteiger charge is 2.35. The number of nitrogens with zero attached hydrogens (tertiary/aromatic N) is 2. The summed E-state index contributed by atoms with van der Waals surface area (Å²) in [5.74, 6) is -0.413. The lowest BCUT2D eigenvalue weighted by Gasteiger charge is -2.44. The fourth-order valence-corrected chi connectivity index (χ4v) is 7.53. The van der Waals surface area contributed by atoms with E-state index < -0.39 is 15.8 Å². The van der Waals surface area contributed by atoms with Crippen molar-refractivity contribution in [1.82, 2.24) is 9.88 Å².